The van der Waals surface area contributed by atoms with Crippen LogP contribution in [0.1, 0.15) is 11.1 Å². The van der Waals surface area contributed by atoms with Crippen LogP contribution in [0.25, 0.3) is 16.5 Å². The number of hydrogen-bond acceptors (Lipinski definition) is 3. The van der Waals surface area contributed by atoms with Crippen molar-refractivity contribution in [1.29, 1.82) is 0 Å². The number of nitrogens with zero attached hydrogens (tertiary/aromatic N) is 1. The van der Waals surface area contributed by atoms with Gasteiger partial charge < -0.3 is 10.7 Å². The molecule has 3 aromatic rings. The van der Waals surface area contributed by atoms with Gasteiger partial charge in [-0.15, -0.1) is 5.39 Å². The molecule has 0 amide bonds. The van der Waals surface area contributed by atoms with Gasteiger partial charge in [-0.05, 0) is 41.8 Å². The normalized spacial score (nSPS) is 11.1. The van der Waals surface area contributed by atoms with Crippen molar-refractivity contribution in [3.63, 3.8) is 0 Å². The van der Waals surface area contributed by atoms with E-state index in [1.165, 1.54) is 12.3 Å². The van der Waals surface area contributed by atoms with Crippen LogP contribution < -0.4 is 74.9 Å². The molecule has 0 saturated carbocycles. The molecule has 1 aromatic heterocycles. The van der Waals surface area contributed by atoms with Crippen molar-refractivity contribution in [2.75, 3.05) is 7.05 Å². The fraction of sp³-hybridized carbons (Fsp3) is 0.100. The van der Waals surface area contributed by atoms with Gasteiger partial charge in [0.15, 0.2) is 5.56 Å². The third-order valence-electron chi connectivity index (χ3n) is 3.77. The van der Waals surface area contributed by atoms with E-state index in [0.29, 0.717) is 17.2 Å². The van der Waals surface area contributed by atoms with Crippen molar-refractivity contribution in [2.45, 2.75) is 6.92 Å². The molecule has 0 aliphatic carbocycles. The van der Waals surface area contributed by atoms with Crippen LogP contribution in [-0.2, 0) is 0 Å². The van der Waals surface area contributed by atoms with E-state index in [4.69, 9.17) is 13.6 Å². The summed E-state index contributed by atoms with van der Waals surface area (Å²) in [5.41, 5.74) is 6.77. The minimum atomic E-state index is -0.815. The number of aromatic nitrogens is 1. The molecular formula is C20H16BF3N3ORb. The number of H-pyrrole nitrogens is 1. The fourth-order valence-corrected chi connectivity index (χ4v) is 2.41. The van der Waals surface area contributed by atoms with E-state index >= 15 is 0 Å². The Hall–Kier alpha value is -1.48. The SMILES string of the molecule is CN=C/C(=C\N)c1ccc(C)c(F)c1.[B]c1[c-]c(=O)[nH]c2cc(F)cc(F)c12.[Rb+]. The van der Waals surface area contributed by atoms with E-state index in [9.17, 15) is 18.0 Å². The van der Waals surface area contributed by atoms with Gasteiger partial charge >= 0.3 is 58.2 Å². The summed E-state index contributed by atoms with van der Waals surface area (Å²) < 4.78 is 39.1. The number of fused-ring (bicyclic) bond motifs is 1. The quantitative estimate of drug-likeness (QED) is 0.304. The molecule has 0 bridgehead atoms. The minimum Gasteiger partial charge on any atom is -0.404 e. The van der Waals surface area contributed by atoms with Crippen LogP contribution in [0.2, 0.25) is 0 Å². The van der Waals surface area contributed by atoms with Gasteiger partial charge in [0.25, 0.3) is 0 Å². The third kappa shape index (κ3) is 6.77. The van der Waals surface area contributed by atoms with Crippen molar-refractivity contribution < 1.29 is 71.4 Å². The molecule has 2 radical (unpaired) electrons. The molecule has 2 aromatic carbocycles. The van der Waals surface area contributed by atoms with E-state index in [1.54, 1.807) is 26.3 Å². The second-order valence-electron chi connectivity index (χ2n) is 5.78. The average molecular weight is 468 g/mol. The molecule has 3 rings (SSSR count). The van der Waals surface area contributed by atoms with E-state index in [0.717, 1.165) is 11.6 Å². The van der Waals surface area contributed by atoms with Crippen molar-refractivity contribution in [2.24, 2.45) is 10.7 Å². The summed E-state index contributed by atoms with van der Waals surface area (Å²) in [6.45, 7) is 1.72. The number of rotatable bonds is 2. The number of aromatic amines is 1. The van der Waals surface area contributed by atoms with Gasteiger partial charge in [-0.3, -0.25) is 9.79 Å². The monoisotopic (exact) mass is 467 g/mol. The maximum absolute atomic E-state index is 13.2. The summed E-state index contributed by atoms with van der Waals surface area (Å²) in [4.78, 5) is 17.0. The first kappa shape index (κ1) is 25.6. The van der Waals surface area contributed by atoms with Crippen LogP contribution >= 0.6 is 0 Å². The third-order valence-corrected chi connectivity index (χ3v) is 3.77. The molecule has 0 unspecified atom stereocenters. The summed E-state index contributed by atoms with van der Waals surface area (Å²) in [5.74, 6) is -1.81. The first-order valence-corrected chi connectivity index (χ1v) is 8.07. The van der Waals surface area contributed by atoms with Gasteiger partial charge in [-0.1, -0.05) is 12.1 Å². The zero-order valence-corrected chi connectivity index (χ0v) is 21.1. The number of pyridine rings is 1. The van der Waals surface area contributed by atoms with E-state index < -0.39 is 17.2 Å². The van der Waals surface area contributed by atoms with Crippen LogP contribution in [-0.4, -0.2) is 26.1 Å². The molecule has 4 nitrogen and oxygen atoms in total. The van der Waals surface area contributed by atoms with Gasteiger partial charge in [-0.2, -0.15) is 6.07 Å². The van der Waals surface area contributed by atoms with Crippen molar-refractivity contribution in [1.82, 2.24) is 4.98 Å². The Morgan fingerprint density at radius 2 is 1.90 bits per heavy atom. The molecule has 1 heterocycles. The molecule has 0 aliphatic heterocycles. The molecule has 142 valence electrons. The van der Waals surface area contributed by atoms with Gasteiger partial charge in [0.2, 0.25) is 0 Å². The molecule has 3 N–H and O–H groups in total. The Morgan fingerprint density at radius 3 is 2.48 bits per heavy atom. The van der Waals surface area contributed by atoms with Crippen LogP contribution in [0.4, 0.5) is 13.2 Å². The summed E-state index contributed by atoms with van der Waals surface area (Å²) >= 11 is 0. The van der Waals surface area contributed by atoms with Crippen molar-refractivity contribution in [3.05, 3.63) is 81.5 Å². The van der Waals surface area contributed by atoms with Gasteiger partial charge in [0.1, 0.15) is 11.6 Å². The Bertz CT molecular complexity index is 1130. The first-order valence-electron chi connectivity index (χ1n) is 8.07. The van der Waals surface area contributed by atoms with Crippen LogP contribution in [0, 0.1) is 30.4 Å². The first-order chi connectivity index (χ1) is 13.3. The molecule has 9 heteroatoms. The Balaban J connectivity index is 0.000000280. The summed E-state index contributed by atoms with van der Waals surface area (Å²) in [5, 5.41) is -0.0222. The maximum atomic E-state index is 13.2. The van der Waals surface area contributed by atoms with E-state index in [-0.39, 0.29) is 80.4 Å². The topological polar surface area (TPSA) is 71.2 Å². The number of benzene rings is 2. The van der Waals surface area contributed by atoms with Gasteiger partial charge in [0, 0.05) is 25.0 Å². The minimum absolute atomic E-state index is 0. The molecule has 0 saturated heterocycles. The van der Waals surface area contributed by atoms with E-state index in [2.05, 4.69) is 16.0 Å². The van der Waals surface area contributed by atoms with Crippen LogP contribution in [0.3, 0.4) is 0 Å². The molecular weight excluding hydrogens is 452 g/mol. The number of halogens is 3. The van der Waals surface area contributed by atoms with Crippen LogP contribution in [0.15, 0.2) is 46.3 Å². The summed E-state index contributed by atoms with van der Waals surface area (Å²) in [6.07, 6.45) is 3.02. The van der Waals surface area contributed by atoms with Crippen LogP contribution in [0.5, 0.6) is 0 Å². The number of nitrogens with one attached hydrogen (secondary N) is 1. The number of allylic oxidation sites excluding steroid dienone is 1. The second kappa shape index (κ2) is 11.6. The number of aryl methyl sites for hydroxylation is 1. The number of aliphatic imine (C=N–C) groups is 1. The molecule has 29 heavy (non-hydrogen) atoms. The molecule has 0 atom stereocenters. The van der Waals surface area contributed by atoms with Crippen molar-refractivity contribution in [3.8, 4) is 0 Å². The predicted octanol–water partition coefficient (Wildman–Crippen LogP) is -0.461. The number of nitrogens with two attached hydrogens (primary N) is 1. The fourth-order valence-electron chi connectivity index (χ4n) is 2.41. The predicted molar refractivity (Wildman–Crippen MR) is 106 cm³/mol. The van der Waals surface area contributed by atoms with E-state index in [1.807, 2.05) is 6.07 Å². The average Bonchev–Trinajstić information content (AvgIpc) is 2.61. The van der Waals surface area contributed by atoms with Crippen molar-refractivity contribution >= 4 is 36.0 Å². The maximum Gasteiger partial charge on any atom is 1.00 e. The molecule has 0 aliphatic rings. The zero-order valence-electron chi connectivity index (χ0n) is 16.2. The summed E-state index contributed by atoms with van der Waals surface area (Å²) in [6, 6.07) is 8.87. The summed E-state index contributed by atoms with van der Waals surface area (Å²) in [7, 11) is 7.02. The molecule has 0 fully saturated rings. The smallest absolute Gasteiger partial charge is 0.404 e. The Kier molecular flexibility index (Phi) is 10.3. The zero-order chi connectivity index (χ0) is 20.8. The molecule has 0 spiro atoms. The standard InChI is InChI=1S/C11H13FN2.C9H3BF2NO.Rb/c1-8-3-4-9(5-11(8)12)10(6-13)7-14-2;10-5-3-8(14)13-7-2-4(11)1-6(12)9(5)7;/h3-7H,13H2,1-2H3;1-2H,(H,13,14);/q;-1;+1/b10-6+,14-7?;;. The van der Waals surface area contributed by atoms with Gasteiger partial charge in [0.05, 0.1) is 13.7 Å². The Morgan fingerprint density at radius 1 is 1.21 bits per heavy atom. The Labute approximate surface area is 216 Å². The second-order valence-corrected chi connectivity index (χ2v) is 5.78. The number of hydrogen-bond donors (Lipinski definition) is 2. The largest absolute Gasteiger partial charge is 1.00 e. The van der Waals surface area contributed by atoms with Gasteiger partial charge in [-0.25, -0.2) is 18.6 Å².